The van der Waals surface area contributed by atoms with Gasteiger partial charge in [-0.15, -0.1) is 0 Å². The van der Waals surface area contributed by atoms with Crippen LogP contribution < -0.4 is 4.90 Å². The normalized spacial score (nSPS) is 15.3. The molecule has 0 saturated carbocycles. The molecule has 1 aliphatic rings. The van der Waals surface area contributed by atoms with Gasteiger partial charge in [-0.25, -0.2) is 14.9 Å². The van der Waals surface area contributed by atoms with Crippen molar-refractivity contribution >= 4 is 56.1 Å². The van der Waals surface area contributed by atoms with Gasteiger partial charge in [0.05, 0.1) is 10.2 Å². The number of benzene rings is 3. The quantitative estimate of drug-likeness (QED) is 0.398. The molecule has 0 fully saturated rings. The first-order valence-corrected chi connectivity index (χ1v) is 10.2. The van der Waals surface area contributed by atoms with Crippen LogP contribution in [0.1, 0.15) is 11.1 Å². The van der Waals surface area contributed by atoms with Gasteiger partial charge in [0.1, 0.15) is 11.5 Å². The van der Waals surface area contributed by atoms with Crippen molar-refractivity contribution in [3.05, 3.63) is 101 Å². The summed E-state index contributed by atoms with van der Waals surface area (Å²) in [6.45, 7) is 0. The maximum atomic E-state index is 13.3. The van der Waals surface area contributed by atoms with Crippen molar-refractivity contribution in [1.29, 1.82) is 0 Å². The summed E-state index contributed by atoms with van der Waals surface area (Å²) in [6, 6.07) is 24.8. The molecule has 0 spiro atoms. The number of aliphatic imine (C=N–C) groups is 1. The lowest BCUT2D eigenvalue weighted by molar-refractivity contribution is -0.113. The van der Waals surface area contributed by atoms with Crippen molar-refractivity contribution in [1.82, 2.24) is 4.98 Å². The molecule has 0 N–H and O–H groups in total. The smallest absolute Gasteiger partial charge is 0.266 e. The van der Waals surface area contributed by atoms with E-state index in [0.717, 1.165) is 21.3 Å². The van der Waals surface area contributed by atoms with Gasteiger partial charge in [-0.05, 0) is 35.9 Å². The minimum atomic E-state index is -0.196. The van der Waals surface area contributed by atoms with Crippen LogP contribution in [0, 0.1) is 0 Å². The Morgan fingerprint density at radius 3 is 2.38 bits per heavy atom. The van der Waals surface area contributed by atoms with Crippen molar-refractivity contribution in [2.24, 2.45) is 4.99 Å². The maximum Gasteiger partial charge on any atom is 0.284 e. The Kier molecular flexibility index (Phi) is 4.46. The molecule has 1 amide bonds. The number of halogens is 1. The second-order valence-electron chi connectivity index (χ2n) is 6.49. The number of fused-ring (bicyclic) bond motifs is 1. The monoisotopic (exact) mass is 415 g/mol. The Labute approximate surface area is 176 Å². The van der Waals surface area contributed by atoms with E-state index in [1.807, 2.05) is 66.7 Å². The molecular weight excluding hydrogens is 402 g/mol. The Hall–Kier alpha value is -3.28. The van der Waals surface area contributed by atoms with E-state index in [0.29, 0.717) is 21.7 Å². The zero-order chi connectivity index (χ0) is 19.8. The molecule has 0 saturated heterocycles. The van der Waals surface area contributed by atoms with Crippen LogP contribution in [0.2, 0.25) is 5.02 Å². The van der Waals surface area contributed by atoms with Gasteiger partial charge in [0.2, 0.25) is 0 Å². The number of aromatic nitrogens is 1. The summed E-state index contributed by atoms with van der Waals surface area (Å²) in [4.78, 5) is 24.3. The number of thiazole rings is 1. The summed E-state index contributed by atoms with van der Waals surface area (Å²) in [7, 11) is 0. The van der Waals surface area contributed by atoms with Crippen molar-refractivity contribution in [3.63, 3.8) is 0 Å². The lowest BCUT2D eigenvalue weighted by atomic mass is 10.2. The first-order chi connectivity index (χ1) is 14.2. The fourth-order valence-electron chi connectivity index (χ4n) is 3.15. The molecular formula is C23H14ClN3OS. The number of hydrogen-bond donors (Lipinski definition) is 0. The number of carbonyl (C=O) groups excluding carboxylic acids is 1. The Morgan fingerprint density at radius 2 is 1.62 bits per heavy atom. The minimum Gasteiger partial charge on any atom is -0.266 e. The van der Waals surface area contributed by atoms with E-state index >= 15 is 0 Å². The molecule has 3 aromatic carbocycles. The van der Waals surface area contributed by atoms with Crippen LogP contribution >= 0.6 is 22.9 Å². The lowest BCUT2D eigenvalue weighted by Crippen LogP contribution is -2.32. The molecule has 0 aliphatic carbocycles. The third-order valence-electron chi connectivity index (χ3n) is 4.54. The van der Waals surface area contributed by atoms with Crippen molar-refractivity contribution in [2.75, 3.05) is 4.90 Å². The lowest BCUT2D eigenvalue weighted by Gasteiger charge is -2.14. The standard InChI is InChI=1S/C23H14ClN3OS/c24-17-12-10-15(11-13-17)14-19-22(28)27(21(25-19)16-6-2-1-3-7-16)23-26-18-8-4-5-9-20(18)29-23/h1-14H. The second-order valence-corrected chi connectivity index (χ2v) is 7.93. The highest BCUT2D eigenvalue weighted by molar-refractivity contribution is 7.22. The SMILES string of the molecule is O=C1C(=Cc2ccc(Cl)cc2)N=C(c2ccccc2)N1c1nc2ccccc2s1. The maximum absolute atomic E-state index is 13.3. The molecule has 2 heterocycles. The van der Waals surface area contributed by atoms with Gasteiger partial charge in [0, 0.05) is 10.6 Å². The van der Waals surface area contributed by atoms with E-state index in [1.165, 1.54) is 11.3 Å². The van der Waals surface area contributed by atoms with Crippen LogP contribution in [0.4, 0.5) is 5.13 Å². The van der Waals surface area contributed by atoms with Gasteiger partial charge in [-0.2, -0.15) is 0 Å². The number of nitrogens with zero attached hydrogens (tertiary/aromatic N) is 3. The highest BCUT2D eigenvalue weighted by atomic mass is 35.5. The summed E-state index contributed by atoms with van der Waals surface area (Å²) in [6.07, 6.45) is 1.77. The number of amidine groups is 1. The predicted octanol–water partition coefficient (Wildman–Crippen LogP) is 5.78. The van der Waals surface area contributed by atoms with Crippen LogP contribution in [-0.2, 0) is 4.79 Å². The average Bonchev–Trinajstić information content (AvgIpc) is 3.31. The molecule has 29 heavy (non-hydrogen) atoms. The van der Waals surface area contributed by atoms with Gasteiger partial charge in [-0.3, -0.25) is 4.79 Å². The van der Waals surface area contributed by atoms with Crippen molar-refractivity contribution in [2.45, 2.75) is 0 Å². The van der Waals surface area contributed by atoms with E-state index < -0.39 is 0 Å². The number of hydrogen-bond acceptors (Lipinski definition) is 4. The third-order valence-corrected chi connectivity index (χ3v) is 5.81. The molecule has 6 heteroatoms. The molecule has 0 radical (unpaired) electrons. The van der Waals surface area contributed by atoms with E-state index in [9.17, 15) is 4.79 Å². The fourth-order valence-corrected chi connectivity index (χ4v) is 4.24. The van der Waals surface area contributed by atoms with Gasteiger partial charge in [0.15, 0.2) is 5.13 Å². The molecule has 1 aromatic heterocycles. The second kappa shape index (κ2) is 7.28. The van der Waals surface area contributed by atoms with Crippen LogP contribution in [0.5, 0.6) is 0 Å². The molecule has 4 aromatic rings. The Balaban J connectivity index is 1.63. The largest absolute Gasteiger partial charge is 0.284 e. The van der Waals surface area contributed by atoms with Crippen molar-refractivity contribution in [3.8, 4) is 0 Å². The Morgan fingerprint density at radius 1 is 0.897 bits per heavy atom. The van der Waals surface area contributed by atoms with Gasteiger partial charge in [-0.1, -0.05) is 77.5 Å². The Bertz CT molecular complexity index is 1240. The van der Waals surface area contributed by atoms with Gasteiger partial charge >= 0.3 is 0 Å². The minimum absolute atomic E-state index is 0.196. The predicted molar refractivity (Wildman–Crippen MR) is 120 cm³/mol. The summed E-state index contributed by atoms with van der Waals surface area (Å²) in [5.41, 5.74) is 2.95. The fraction of sp³-hybridized carbons (Fsp3) is 0. The number of amides is 1. The molecule has 140 valence electrons. The van der Waals surface area contributed by atoms with Gasteiger partial charge < -0.3 is 0 Å². The first kappa shape index (κ1) is 17.8. The van der Waals surface area contributed by atoms with E-state index in [2.05, 4.69) is 9.98 Å². The van der Waals surface area contributed by atoms with Gasteiger partial charge in [0.25, 0.3) is 5.91 Å². The molecule has 0 atom stereocenters. The van der Waals surface area contributed by atoms with Crippen LogP contribution in [-0.4, -0.2) is 16.7 Å². The number of para-hydroxylation sites is 1. The summed E-state index contributed by atoms with van der Waals surface area (Å²) in [5, 5.41) is 1.26. The summed E-state index contributed by atoms with van der Waals surface area (Å²) in [5.74, 6) is 0.382. The number of anilines is 1. The highest BCUT2D eigenvalue weighted by Gasteiger charge is 2.34. The molecule has 0 unspecified atom stereocenters. The molecule has 1 aliphatic heterocycles. The number of carbonyl (C=O) groups is 1. The van der Waals surface area contributed by atoms with Crippen LogP contribution in [0.25, 0.3) is 16.3 Å². The van der Waals surface area contributed by atoms with E-state index in [-0.39, 0.29) is 5.91 Å². The summed E-state index contributed by atoms with van der Waals surface area (Å²) < 4.78 is 1.03. The van der Waals surface area contributed by atoms with E-state index in [1.54, 1.807) is 23.1 Å². The topological polar surface area (TPSA) is 45.6 Å². The van der Waals surface area contributed by atoms with Crippen LogP contribution in [0.15, 0.2) is 89.6 Å². The number of rotatable bonds is 3. The first-order valence-electron chi connectivity index (χ1n) is 9.00. The van der Waals surface area contributed by atoms with E-state index in [4.69, 9.17) is 11.6 Å². The molecule has 0 bridgehead atoms. The third kappa shape index (κ3) is 3.35. The van der Waals surface area contributed by atoms with Crippen molar-refractivity contribution < 1.29 is 4.79 Å². The zero-order valence-corrected chi connectivity index (χ0v) is 16.7. The zero-order valence-electron chi connectivity index (χ0n) is 15.1. The molecule has 4 nitrogen and oxygen atoms in total. The van der Waals surface area contributed by atoms with Crippen LogP contribution in [0.3, 0.4) is 0 Å². The average molecular weight is 416 g/mol. The highest BCUT2D eigenvalue weighted by Crippen LogP contribution is 2.34. The molecule has 5 rings (SSSR count). The summed E-state index contributed by atoms with van der Waals surface area (Å²) >= 11 is 7.45.